The minimum atomic E-state index is -1.52. The highest BCUT2D eigenvalue weighted by atomic mass is 127. The van der Waals surface area contributed by atoms with Crippen LogP contribution in [0, 0.1) is 9.39 Å². The second kappa shape index (κ2) is 11.2. The lowest BCUT2D eigenvalue weighted by Crippen LogP contribution is -2.32. The molecule has 3 aromatic rings. The third kappa shape index (κ3) is 6.89. The van der Waals surface area contributed by atoms with Gasteiger partial charge in [0.25, 0.3) is 5.91 Å². The second-order valence-corrected chi connectivity index (χ2v) is 11.6. The van der Waals surface area contributed by atoms with Gasteiger partial charge in [-0.25, -0.2) is 4.39 Å². The van der Waals surface area contributed by atoms with Crippen LogP contribution in [-0.2, 0) is 4.79 Å². The molecule has 0 bridgehead atoms. The molecule has 4 nitrogen and oxygen atoms in total. The lowest BCUT2D eigenvalue weighted by atomic mass is 9.94. The largest absolute Gasteiger partial charge is 0.325 e. The summed E-state index contributed by atoms with van der Waals surface area (Å²) in [5.41, 5.74) is 0.676. The minimum absolute atomic E-state index is 0.00568. The van der Waals surface area contributed by atoms with Crippen LogP contribution in [0.2, 0.25) is 15.1 Å². The van der Waals surface area contributed by atoms with Gasteiger partial charge in [0.15, 0.2) is 0 Å². The number of rotatable bonds is 6. The smallest absolute Gasteiger partial charge is 0.257 e. The van der Waals surface area contributed by atoms with Crippen molar-refractivity contribution in [3.63, 3.8) is 0 Å². The van der Waals surface area contributed by atoms with Crippen molar-refractivity contribution < 1.29 is 14.0 Å². The summed E-state index contributed by atoms with van der Waals surface area (Å²) in [6.45, 7) is 1.46. The van der Waals surface area contributed by atoms with Gasteiger partial charge in [0.1, 0.15) is 10.2 Å². The molecule has 2 N–H and O–H groups in total. The molecule has 0 heterocycles. The highest BCUT2D eigenvalue weighted by Gasteiger charge is 2.37. The zero-order valence-corrected chi connectivity index (χ0v) is 23.2. The molecule has 0 aliphatic heterocycles. The molecule has 0 aromatic heterocycles. The summed E-state index contributed by atoms with van der Waals surface area (Å²) >= 11 is 32.9. The fourth-order valence-corrected chi connectivity index (χ4v) is 4.84. The van der Waals surface area contributed by atoms with Crippen molar-refractivity contribution in [1.29, 1.82) is 0 Å². The van der Waals surface area contributed by atoms with Gasteiger partial charge in [0, 0.05) is 19.3 Å². The van der Waals surface area contributed by atoms with Crippen molar-refractivity contribution >= 4 is 104 Å². The van der Waals surface area contributed by atoms with Crippen molar-refractivity contribution in [2.75, 3.05) is 10.6 Å². The Morgan fingerprint density at radius 1 is 0.941 bits per heavy atom. The number of anilines is 2. The van der Waals surface area contributed by atoms with E-state index in [0.717, 1.165) is 0 Å². The Kier molecular flexibility index (Phi) is 8.98. The van der Waals surface area contributed by atoms with Crippen LogP contribution in [-0.4, -0.2) is 16.1 Å². The number of hydrogen-bond acceptors (Lipinski definition) is 2. The van der Waals surface area contributed by atoms with E-state index in [1.165, 1.54) is 55.5 Å². The van der Waals surface area contributed by atoms with Crippen LogP contribution in [0.4, 0.5) is 15.8 Å². The maximum atomic E-state index is 14.1. The normalized spacial score (nSPS) is 12.2. The van der Waals surface area contributed by atoms with Gasteiger partial charge in [-0.05, 0) is 89.7 Å². The molecule has 0 spiro atoms. The summed E-state index contributed by atoms with van der Waals surface area (Å²) in [5, 5.41) is 5.89. The molecule has 0 aliphatic rings. The molecule has 0 fully saturated rings. The van der Waals surface area contributed by atoms with Gasteiger partial charge in [0.05, 0.1) is 22.2 Å². The van der Waals surface area contributed by atoms with Crippen LogP contribution in [0.25, 0.3) is 0 Å². The van der Waals surface area contributed by atoms with Crippen molar-refractivity contribution in [3.8, 4) is 0 Å². The Labute approximate surface area is 234 Å². The molecule has 2 amide bonds. The maximum Gasteiger partial charge on any atom is 0.257 e. The Bertz CT molecular complexity index is 1250. The van der Waals surface area contributed by atoms with Gasteiger partial charge >= 0.3 is 0 Å². The number of alkyl halides is 2. The standard InChI is InChI=1S/C23H15Cl5FIN2O2/c1-23(27,28)20(11-6-12(24)8-13(25)7-11)22(34)31-15-3-4-17(26)16(10-15)21(33)32-19-5-2-14(30)9-18(19)29/h2-10,20H,1H3,(H,31,34)(H,32,33). The Morgan fingerprint density at radius 3 is 2.18 bits per heavy atom. The average Bonchev–Trinajstić information content (AvgIpc) is 2.69. The van der Waals surface area contributed by atoms with Crippen LogP contribution < -0.4 is 10.6 Å². The predicted octanol–water partition coefficient (Wildman–Crippen LogP) is 8.56. The van der Waals surface area contributed by atoms with Crippen LogP contribution in [0.5, 0.6) is 0 Å². The molecule has 0 saturated carbocycles. The number of amides is 2. The summed E-state index contributed by atoms with van der Waals surface area (Å²) in [6.07, 6.45) is 0. The number of benzene rings is 3. The van der Waals surface area contributed by atoms with Crippen molar-refractivity contribution in [2.24, 2.45) is 0 Å². The summed E-state index contributed by atoms with van der Waals surface area (Å²) in [6, 6.07) is 13.3. The minimum Gasteiger partial charge on any atom is -0.325 e. The summed E-state index contributed by atoms with van der Waals surface area (Å²) in [4.78, 5) is 25.9. The molecule has 178 valence electrons. The van der Waals surface area contributed by atoms with E-state index in [4.69, 9.17) is 58.0 Å². The highest BCUT2D eigenvalue weighted by molar-refractivity contribution is 14.1. The summed E-state index contributed by atoms with van der Waals surface area (Å²) in [7, 11) is 0. The molecule has 1 atom stereocenters. The monoisotopic (exact) mass is 672 g/mol. The average molecular weight is 675 g/mol. The van der Waals surface area contributed by atoms with E-state index in [2.05, 4.69) is 10.6 Å². The molecule has 3 aromatic carbocycles. The van der Waals surface area contributed by atoms with Crippen molar-refractivity contribution in [2.45, 2.75) is 17.2 Å². The van der Waals surface area contributed by atoms with Gasteiger partial charge in [-0.1, -0.05) is 34.8 Å². The van der Waals surface area contributed by atoms with E-state index < -0.39 is 27.9 Å². The molecule has 3 rings (SSSR count). The molecule has 0 radical (unpaired) electrons. The highest BCUT2D eigenvalue weighted by Crippen LogP contribution is 2.40. The Balaban J connectivity index is 1.88. The molecular weight excluding hydrogens is 659 g/mol. The van der Waals surface area contributed by atoms with E-state index in [0.29, 0.717) is 19.2 Å². The summed E-state index contributed by atoms with van der Waals surface area (Å²) in [5.74, 6) is -2.87. The van der Waals surface area contributed by atoms with E-state index in [1.54, 1.807) is 6.07 Å². The SMILES string of the molecule is CC(Cl)(Cl)C(C(=O)Nc1ccc(Cl)c(C(=O)Nc2ccc(I)cc2F)c1)c1cc(Cl)cc(Cl)c1. The first-order valence-electron chi connectivity index (χ1n) is 9.56. The van der Waals surface area contributed by atoms with Gasteiger partial charge < -0.3 is 10.6 Å². The second-order valence-electron chi connectivity index (χ2n) is 7.35. The Morgan fingerprint density at radius 2 is 1.59 bits per heavy atom. The van der Waals surface area contributed by atoms with Gasteiger partial charge in [-0.2, -0.15) is 0 Å². The van der Waals surface area contributed by atoms with E-state index in [-0.39, 0.29) is 22.0 Å². The lowest BCUT2D eigenvalue weighted by molar-refractivity contribution is -0.117. The Hall–Kier alpha value is -1.29. The number of carbonyl (C=O) groups excluding carboxylic acids is 2. The predicted molar refractivity (Wildman–Crippen MR) is 146 cm³/mol. The van der Waals surface area contributed by atoms with Gasteiger partial charge in [-0.3, -0.25) is 9.59 Å². The third-order valence-electron chi connectivity index (χ3n) is 4.65. The fourth-order valence-electron chi connectivity index (χ4n) is 3.19. The first-order valence-corrected chi connectivity index (χ1v) is 12.5. The van der Waals surface area contributed by atoms with Gasteiger partial charge in [-0.15, -0.1) is 23.2 Å². The molecule has 34 heavy (non-hydrogen) atoms. The number of halogens is 7. The van der Waals surface area contributed by atoms with Gasteiger partial charge in [0.2, 0.25) is 5.91 Å². The first-order chi connectivity index (χ1) is 15.8. The molecule has 0 saturated heterocycles. The third-order valence-corrected chi connectivity index (χ3v) is 6.52. The van der Waals surface area contributed by atoms with Crippen molar-refractivity contribution in [3.05, 3.63) is 90.2 Å². The molecule has 11 heteroatoms. The first kappa shape index (κ1) is 27.3. The number of carbonyl (C=O) groups is 2. The number of nitrogens with one attached hydrogen (secondary N) is 2. The number of hydrogen-bond donors (Lipinski definition) is 2. The summed E-state index contributed by atoms with van der Waals surface area (Å²) < 4.78 is 13.3. The fraction of sp³-hybridized carbons (Fsp3) is 0.130. The van der Waals surface area contributed by atoms with Crippen molar-refractivity contribution in [1.82, 2.24) is 0 Å². The zero-order chi connectivity index (χ0) is 25.2. The van der Waals surface area contributed by atoms with E-state index in [9.17, 15) is 14.0 Å². The van der Waals surface area contributed by atoms with E-state index >= 15 is 0 Å². The quantitative estimate of drug-likeness (QED) is 0.204. The topological polar surface area (TPSA) is 58.2 Å². The van der Waals surface area contributed by atoms with Crippen LogP contribution in [0.15, 0.2) is 54.6 Å². The van der Waals surface area contributed by atoms with Crippen LogP contribution in [0.1, 0.15) is 28.8 Å². The zero-order valence-electron chi connectivity index (χ0n) is 17.2. The molecular formula is C23H15Cl5FIN2O2. The molecule has 1 unspecified atom stereocenters. The lowest BCUT2D eigenvalue weighted by Gasteiger charge is -2.26. The molecule has 0 aliphatic carbocycles. The maximum absolute atomic E-state index is 14.1. The van der Waals surface area contributed by atoms with E-state index in [1.807, 2.05) is 22.6 Å². The van der Waals surface area contributed by atoms with Crippen LogP contribution in [0.3, 0.4) is 0 Å². The van der Waals surface area contributed by atoms with Crippen LogP contribution >= 0.6 is 80.6 Å².